The first-order valence-electron chi connectivity index (χ1n) is 7.68. The van der Waals surface area contributed by atoms with Crippen LogP contribution in [0.15, 0.2) is 24.4 Å². The third-order valence-electron chi connectivity index (χ3n) is 4.16. The number of nitrogens with two attached hydrogens (primary N) is 1. The van der Waals surface area contributed by atoms with Crippen molar-refractivity contribution in [2.24, 2.45) is 5.73 Å². The largest absolute Gasteiger partial charge is 0.328 e. The van der Waals surface area contributed by atoms with Crippen molar-refractivity contribution in [3.05, 3.63) is 30.1 Å². The van der Waals surface area contributed by atoms with E-state index in [-0.39, 0.29) is 17.8 Å². The van der Waals surface area contributed by atoms with Crippen molar-refractivity contribution in [3.8, 4) is 0 Å². The number of hydrogen-bond acceptors (Lipinski definition) is 4. The molecule has 1 aliphatic rings. The lowest BCUT2D eigenvalue weighted by Crippen LogP contribution is -2.45. The van der Waals surface area contributed by atoms with Crippen LogP contribution in [0.3, 0.4) is 0 Å². The molecule has 2 rings (SSSR count). The second-order valence-corrected chi connectivity index (χ2v) is 7.70. The van der Waals surface area contributed by atoms with Crippen LogP contribution in [0.1, 0.15) is 38.3 Å². The molecule has 1 aromatic heterocycles. The summed E-state index contributed by atoms with van der Waals surface area (Å²) in [4.78, 5) is 4.19. The maximum Gasteiger partial charge on any atom is 0.214 e. The minimum absolute atomic E-state index is 0.114. The summed E-state index contributed by atoms with van der Waals surface area (Å²) in [7, 11) is -3.24. The van der Waals surface area contributed by atoms with E-state index < -0.39 is 10.0 Å². The minimum Gasteiger partial charge on any atom is -0.328 e. The highest BCUT2D eigenvalue weighted by Crippen LogP contribution is 2.24. The summed E-state index contributed by atoms with van der Waals surface area (Å²) < 4.78 is 26.8. The van der Waals surface area contributed by atoms with Crippen molar-refractivity contribution < 1.29 is 8.42 Å². The first kappa shape index (κ1) is 16.4. The second-order valence-electron chi connectivity index (χ2n) is 5.66. The lowest BCUT2D eigenvalue weighted by atomic mass is 9.92. The molecule has 0 atom stereocenters. The summed E-state index contributed by atoms with van der Waals surface area (Å²) >= 11 is 0. The molecule has 2 N–H and O–H groups in total. The van der Waals surface area contributed by atoms with E-state index in [0.29, 0.717) is 13.0 Å². The number of aryl methyl sites for hydroxylation is 1. The molecule has 0 spiro atoms. The molecule has 21 heavy (non-hydrogen) atoms. The van der Waals surface area contributed by atoms with Crippen LogP contribution >= 0.6 is 0 Å². The van der Waals surface area contributed by atoms with Crippen LogP contribution in [0.2, 0.25) is 0 Å². The standard InChI is InChI=1S/C15H25N3O2S/c1-2-18(15-8-6-13(16)7-9-15)21(19,20)12-10-14-5-3-4-11-17-14/h3-5,11,13,15H,2,6-10,12,16H2,1H3. The molecule has 1 aliphatic carbocycles. The van der Waals surface area contributed by atoms with Gasteiger partial charge in [-0.1, -0.05) is 13.0 Å². The van der Waals surface area contributed by atoms with Crippen molar-refractivity contribution in [1.82, 2.24) is 9.29 Å². The maximum absolute atomic E-state index is 12.6. The van der Waals surface area contributed by atoms with Crippen LogP contribution in [0.5, 0.6) is 0 Å². The number of rotatable bonds is 6. The SMILES string of the molecule is CCN(C1CCC(N)CC1)S(=O)(=O)CCc1ccccn1. The van der Waals surface area contributed by atoms with Gasteiger partial charge in [-0.2, -0.15) is 4.31 Å². The highest BCUT2D eigenvalue weighted by Gasteiger charge is 2.31. The summed E-state index contributed by atoms with van der Waals surface area (Å²) in [5, 5.41) is 0. The number of hydrogen-bond donors (Lipinski definition) is 1. The third kappa shape index (κ3) is 4.49. The highest BCUT2D eigenvalue weighted by molar-refractivity contribution is 7.89. The van der Waals surface area contributed by atoms with Crippen molar-refractivity contribution in [2.75, 3.05) is 12.3 Å². The van der Waals surface area contributed by atoms with Gasteiger partial charge in [-0.25, -0.2) is 8.42 Å². The molecule has 6 heteroatoms. The molecular weight excluding hydrogens is 286 g/mol. The van der Waals surface area contributed by atoms with Gasteiger partial charge < -0.3 is 5.73 Å². The van der Waals surface area contributed by atoms with Crippen molar-refractivity contribution in [2.45, 2.75) is 51.1 Å². The number of nitrogens with zero attached hydrogens (tertiary/aromatic N) is 2. The van der Waals surface area contributed by atoms with E-state index in [1.807, 2.05) is 25.1 Å². The normalized spacial score (nSPS) is 23.4. The molecule has 5 nitrogen and oxygen atoms in total. The molecule has 0 saturated heterocycles. The fourth-order valence-electron chi connectivity index (χ4n) is 2.97. The van der Waals surface area contributed by atoms with Crippen molar-refractivity contribution in [1.29, 1.82) is 0 Å². The molecule has 1 saturated carbocycles. The molecule has 1 heterocycles. The monoisotopic (exact) mass is 311 g/mol. The van der Waals surface area contributed by atoms with Crippen LogP contribution in [-0.2, 0) is 16.4 Å². The van der Waals surface area contributed by atoms with Gasteiger partial charge >= 0.3 is 0 Å². The topological polar surface area (TPSA) is 76.3 Å². The van der Waals surface area contributed by atoms with E-state index in [2.05, 4.69) is 4.98 Å². The minimum atomic E-state index is -3.24. The van der Waals surface area contributed by atoms with Gasteiger partial charge in [0.15, 0.2) is 0 Å². The zero-order chi connectivity index (χ0) is 15.3. The molecule has 0 radical (unpaired) electrons. The Morgan fingerprint density at radius 1 is 1.29 bits per heavy atom. The lowest BCUT2D eigenvalue weighted by molar-refractivity contribution is 0.247. The molecule has 0 amide bonds. The smallest absolute Gasteiger partial charge is 0.214 e. The van der Waals surface area contributed by atoms with E-state index in [9.17, 15) is 8.42 Å². The third-order valence-corrected chi connectivity index (χ3v) is 6.15. The van der Waals surface area contributed by atoms with Gasteiger partial charge in [-0.05, 0) is 37.8 Å². The number of aromatic nitrogens is 1. The van der Waals surface area contributed by atoms with Gasteiger partial charge in [0.25, 0.3) is 0 Å². The van der Waals surface area contributed by atoms with E-state index in [4.69, 9.17) is 5.73 Å². The first-order valence-corrected chi connectivity index (χ1v) is 9.29. The summed E-state index contributed by atoms with van der Waals surface area (Å²) in [5.41, 5.74) is 6.73. The van der Waals surface area contributed by atoms with Crippen molar-refractivity contribution in [3.63, 3.8) is 0 Å². The number of pyridine rings is 1. The second kappa shape index (κ2) is 7.33. The van der Waals surface area contributed by atoms with Crippen LogP contribution in [0, 0.1) is 0 Å². The molecule has 1 fully saturated rings. The van der Waals surface area contributed by atoms with Crippen LogP contribution in [0.25, 0.3) is 0 Å². The van der Waals surface area contributed by atoms with Gasteiger partial charge in [0.05, 0.1) is 5.75 Å². The molecule has 118 valence electrons. The predicted molar refractivity (Wildman–Crippen MR) is 84.3 cm³/mol. The number of sulfonamides is 1. The Hall–Kier alpha value is -0.980. The molecular formula is C15H25N3O2S. The van der Waals surface area contributed by atoms with Gasteiger partial charge in [-0.3, -0.25) is 4.98 Å². The van der Waals surface area contributed by atoms with Crippen LogP contribution < -0.4 is 5.73 Å². The van der Waals surface area contributed by atoms with Gasteiger partial charge in [-0.15, -0.1) is 0 Å². The Kier molecular flexibility index (Phi) is 5.72. The van der Waals surface area contributed by atoms with Gasteiger partial charge in [0.1, 0.15) is 0 Å². The highest BCUT2D eigenvalue weighted by atomic mass is 32.2. The Balaban J connectivity index is 1.99. The molecule has 0 unspecified atom stereocenters. The zero-order valence-electron chi connectivity index (χ0n) is 12.6. The maximum atomic E-state index is 12.6. The molecule has 0 bridgehead atoms. The summed E-state index contributed by atoms with van der Waals surface area (Å²) in [6, 6.07) is 5.93. The fraction of sp³-hybridized carbons (Fsp3) is 0.667. The fourth-order valence-corrected chi connectivity index (χ4v) is 4.73. The summed E-state index contributed by atoms with van der Waals surface area (Å²) in [6.07, 6.45) is 5.73. The zero-order valence-corrected chi connectivity index (χ0v) is 13.4. The quantitative estimate of drug-likeness (QED) is 0.864. The average Bonchev–Trinajstić information content (AvgIpc) is 2.49. The lowest BCUT2D eigenvalue weighted by Gasteiger charge is -2.34. The Labute approximate surface area is 127 Å². The Morgan fingerprint density at radius 3 is 2.57 bits per heavy atom. The van der Waals surface area contributed by atoms with E-state index in [1.54, 1.807) is 10.5 Å². The van der Waals surface area contributed by atoms with Crippen LogP contribution in [-0.4, -0.2) is 42.1 Å². The van der Waals surface area contributed by atoms with Gasteiger partial charge in [0.2, 0.25) is 10.0 Å². The first-order chi connectivity index (χ1) is 10.0. The Morgan fingerprint density at radius 2 is 2.00 bits per heavy atom. The average molecular weight is 311 g/mol. The van der Waals surface area contributed by atoms with Gasteiger partial charge in [0, 0.05) is 36.9 Å². The predicted octanol–water partition coefficient (Wildman–Crippen LogP) is 1.55. The Bertz CT molecular complexity index is 525. The van der Waals surface area contributed by atoms with Crippen molar-refractivity contribution >= 4 is 10.0 Å². The molecule has 1 aromatic rings. The van der Waals surface area contributed by atoms with Crippen LogP contribution in [0.4, 0.5) is 0 Å². The summed E-state index contributed by atoms with van der Waals surface area (Å²) in [5.74, 6) is 0.125. The summed E-state index contributed by atoms with van der Waals surface area (Å²) in [6.45, 7) is 2.44. The molecule has 0 aromatic carbocycles. The van der Waals surface area contributed by atoms with E-state index in [1.165, 1.54) is 0 Å². The van der Waals surface area contributed by atoms with E-state index in [0.717, 1.165) is 31.4 Å². The molecule has 0 aliphatic heterocycles. The van der Waals surface area contributed by atoms with E-state index >= 15 is 0 Å².